The molecule has 2 aromatic rings. The summed E-state index contributed by atoms with van der Waals surface area (Å²) in [5.41, 5.74) is 6.91. The molecule has 0 saturated heterocycles. The highest BCUT2D eigenvalue weighted by Crippen LogP contribution is 2.20. The van der Waals surface area contributed by atoms with Crippen molar-refractivity contribution < 1.29 is 9.21 Å². The molecule has 1 aromatic heterocycles. The SMILES string of the molecule is Cc1cc2cc(C(=O)NCCCCCN)ccc2o1. The number of benzene rings is 1. The van der Waals surface area contributed by atoms with Crippen molar-refractivity contribution in [2.24, 2.45) is 5.73 Å². The summed E-state index contributed by atoms with van der Waals surface area (Å²) in [7, 11) is 0. The molecular weight excluding hydrogens is 240 g/mol. The predicted octanol–water partition coefficient (Wildman–Crippen LogP) is 2.60. The Morgan fingerprint density at radius 1 is 1.26 bits per heavy atom. The number of carbonyl (C=O) groups is 1. The van der Waals surface area contributed by atoms with Gasteiger partial charge in [0.25, 0.3) is 5.91 Å². The smallest absolute Gasteiger partial charge is 0.251 e. The fraction of sp³-hybridized carbons (Fsp3) is 0.400. The number of nitrogens with one attached hydrogen (secondary N) is 1. The van der Waals surface area contributed by atoms with E-state index in [1.807, 2.05) is 25.1 Å². The molecule has 102 valence electrons. The van der Waals surface area contributed by atoms with Crippen LogP contribution in [0, 0.1) is 6.92 Å². The first-order chi connectivity index (χ1) is 9.20. The topological polar surface area (TPSA) is 68.3 Å². The lowest BCUT2D eigenvalue weighted by Crippen LogP contribution is -2.24. The van der Waals surface area contributed by atoms with Crippen molar-refractivity contribution in [2.75, 3.05) is 13.1 Å². The molecule has 0 bridgehead atoms. The average Bonchev–Trinajstić information content (AvgIpc) is 2.77. The van der Waals surface area contributed by atoms with Gasteiger partial charge >= 0.3 is 0 Å². The Morgan fingerprint density at radius 3 is 2.89 bits per heavy atom. The second kappa shape index (κ2) is 6.38. The number of nitrogens with two attached hydrogens (primary N) is 1. The molecule has 1 heterocycles. The standard InChI is InChI=1S/C15H20N2O2/c1-11-9-13-10-12(5-6-14(13)19-11)15(18)17-8-4-2-3-7-16/h5-6,9-10H,2-4,7-8,16H2,1H3,(H,17,18). The van der Waals surface area contributed by atoms with Gasteiger partial charge in [-0.25, -0.2) is 0 Å². The minimum atomic E-state index is -0.0338. The monoisotopic (exact) mass is 260 g/mol. The number of furan rings is 1. The van der Waals surface area contributed by atoms with Gasteiger partial charge in [0.1, 0.15) is 11.3 Å². The Balaban J connectivity index is 1.93. The number of unbranched alkanes of at least 4 members (excludes halogenated alkanes) is 2. The summed E-state index contributed by atoms with van der Waals surface area (Å²) in [6.07, 6.45) is 3.03. The highest BCUT2D eigenvalue weighted by molar-refractivity contribution is 5.97. The first-order valence-corrected chi connectivity index (χ1v) is 6.69. The molecule has 0 unspecified atom stereocenters. The van der Waals surface area contributed by atoms with E-state index in [0.29, 0.717) is 18.7 Å². The number of fused-ring (bicyclic) bond motifs is 1. The zero-order chi connectivity index (χ0) is 13.7. The summed E-state index contributed by atoms with van der Waals surface area (Å²) < 4.78 is 5.48. The molecule has 19 heavy (non-hydrogen) atoms. The molecule has 0 saturated carbocycles. The van der Waals surface area contributed by atoms with E-state index in [4.69, 9.17) is 10.2 Å². The van der Waals surface area contributed by atoms with E-state index in [0.717, 1.165) is 36.0 Å². The lowest BCUT2D eigenvalue weighted by Gasteiger charge is -2.04. The number of carbonyl (C=O) groups excluding carboxylic acids is 1. The molecule has 0 fully saturated rings. The number of amides is 1. The van der Waals surface area contributed by atoms with Crippen LogP contribution in [0.3, 0.4) is 0 Å². The molecule has 2 rings (SSSR count). The molecular formula is C15H20N2O2. The van der Waals surface area contributed by atoms with Crippen LogP contribution in [0.4, 0.5) is 0 Å². The Morgan fingerprint density at radius 2 is 2.11 bits per heavy atom. The van der Waals surface area contributed by atoms with E-state index < -0.39 is 0 Å². The first-order valence-electron chi connectivity index (χ1n) is 6.69. The maximum absolute atomic E-state index is 12.0. The average molecular weight is 260 g/mol. The Kier molecular flexibility index (Phi) is 4.58. The van der Waals surface area contributed by atoms with Crippen molar-refractivity contribution in [3.8, 4) is 0 Å². The molecule has 0 radical (unpaired) electrons. The maximum Gasteiger partial charge on any atom is 0.251 e. The van der Waals surface area contributed by atoms with E-state index in [1.54, 1.807) is 6.07 Å². The van der Waals surface area contributed by atoms with E-state index in [9.17, 15) is 4.79 Å². The van der Waals surface area contributed by atoms with Crippen LogP contribution < -0.4 is 11.1 Å². The molecule has 4 heteroatoms. The van der Waals surface area contributed by atoms with Crippen molar-refractivity contribution in [1.82, 2.24) is 5.32 Å². The van der Waals surface area contributed by atoms with Crippen molar-refractivity contribution in [3.63, 3.8) is 0 Å². The largest absolute Gasteiger partial charge is 0.461 e. The van der Waals surface area contributed by atoms with E-state index in [2.05, 4.69) is 5.32 Å². The van der Waals surface area contributed by atoms with Gasteiger partial charge in [-0.3, -0.25) is 4.79 Å². The third-order valence-electron chi connectivity index (χ3n) is 3.07. The van der Waals surface area contributed by atoms with Crippen molar-refractivity contribution in [2.45, 2.75) is 26.2 Å². The Hall–Kier alpha value is -1.81. The van der Waals surface area contributed by atoms with Gasteiger partial charge in [-0.2, -0.15) is 0 Å². The minimum Gasteiger partial charge on any atom is -0.461 e. The fourth-order valence-corrected chi connectivity index (χ4v) is 2.07. The van der Waals surface area contributed by atoms with Crippen LogP contribution in [0.25, 0.3) is 11.0 Å². The maximum atomic E-state index is 12.0. The third kappa shape index (κ3) is 3.58. The first kappa shape index (κ1) is 13.6. The molecule has 3 N–H and O–H groups in total. The Labute approximate surface area is 113 Å². The molecule has 1 amide bonds. The molecule has 0 aliphatic rings. The zero-order valence-electron chi connectivity index (χ0n) is 11.2. The third-order valence-corrected chi connectivity index (χ3v) is 3.07. The van der Waals surface area contributed by atoms with Crippen LogP contribution in [0.15, 0.2) is 28.7 Å². The second-order valence-electron chi connectivity index (χ2n) is 4.71. The predicted molar refractivity (Wildman–Crippen MR) is 76.2 cm³/mol. The lowest BCUT2D eigenvalue weighted by molar-refractivity contribution is 0.0953. The van der Waals surface area contributed by atoms with Crippen LogP contribution in [-0.2, 0) is 0 Å². The van der Waals surface area contributed by atoms with E-state index in [1.165, 1.54) is 0 Å². The van der Waals surface area contributed by atoms with Crippen LogP contribution in [0.1, 0.15) is 35.4 Å². The van der Waals surface area contributed by atoms with Crippen LogP contribution in [0.5, 0.6) is 0 Å². The molecule has 0 atom stereocenters. The van der Waals surface area contributed by atoms with Gasteiger partial charge in [-0.05, 0) is 50.6 Å². The van der Waals surface area contributed by atoms with Gasteiger partial charge in [0.05, 0.1) is 0 Å². The van der Waals surface area contributed by atoms with Crippen molar-refractivity contribution in [3.05, 3.63) is 35.6 Å². The van der Waals surface area contributed by atoms with Gasteiger partial charge in [0.15, 0.2) is 0 Å². The highest BCUT2D eigenvalue weighted by Gasteiger charge is 2.07. The zero-order valence-corrected chi connectivity index (χ0v) is 11.2. The molecule has 0 aliphatic heterocycles. The van der Waals surface area contributed by atoms with E-state index >= 15 is 0 Å². The number of hydrogen-bond donors (Lipinski definition) is 2. The summed E-state index contributed by atoms with van der Waals surface area (Å²) >= 11 is 0. The van der Waals surface area contributed by atoms with Crippen molar-refractivity contribution >= 4 is 16.9 Å². The van der Waals surface area contributed by atoms with Crippen LogP contribution >= 0.6 is 0 Å². The van der Waals surface area contributed by atoms with Gasteiger partial charge < -0.3 is 15.5 Å². The summed E-state index contributed by atoms with van der Waals surface area (Å²) in [4.78, 5) is 12.0. The van der Waals surface area contributed by atoms with Crippen molar-refractivity contribution in [1.29, 1.82) is 0 Å². The number of rotatable bonds is 6. The van der Waals surface area contributed by atoms with Gasteiger partial charge in [0.2, 0.25) is 0 Å². The summed E-state index contributed by atoms with van der Waals surface area (Å²) in [5.74, 6) is 0.822. The summed E-state index contributed by atoms with van der Waals surface area (Å²) in [6.45, 7) is 3.31. The lowest BCUT2D eigenvalue weighted by atomic mass is 10.1. The quantitative estimate of drug-likeness (QED) is 0.784. The normalized spacial score (nSPS) is 10.8. The molecule has 0 spiro atoms. The van der Waals surface area contributed by atoms with Crippen LogP contribution in [-0.4, -0.2) is 19.0 Å². The highest BCUT2D eigenvalue weighted by atomic mass is 16.3. The summed E-state index contributed by atoms with van der Waals surface area (Å²) in [5, 5.41) is 3.88. The number of hydrogen-bond acceptors (Lipinski definition) is 3. The molecule has 0 aliphatic carbocycles. The summed E-state index contributed by atoms with van der Waals surface area (Å²) in [6, 6.07) is 7.43. The van der Waals surface area contributed by atoms with Gasteiger partial charge in [0, 0.05) is 17.5 Å². The van der Waals surface area contributed by atoms with Crippen LogP contribution in [0.2, 0.25) is 0 Å². The molecule has 1 aromatic carbocycles. The number of aryl methyl sites for hydroxylation is 1. The molecule has 4 nitrogen and oxygen atoms in total. The second-order valence-corrected chi connectivity index (χ2v) is 4.71. The van der Waals surface area contributed by atoms with E-state index in [-0.39, 0.29) is 5.91 Å². The minimum absolute atomic E-state index is 0.0338. The van der Waals surface area contributed by atoms with Gasteiger partial charge in [-0.1, -0.05) is 6.42 Å². The Bertz CT molecular complexity index is 560. The van der Waals surface area contributed by atoms with Gasteiger partial charge in [-0.15, -0.1) is 0 Å². The fourth-order valence-electron chi connectivity index (χ4n) is 2.07.